The lowest BCUT2D eigenvalue weighted by atomic mass is 10.1. The van der Waals surface area contributed by atoms with Crippen LogP contribution in [-0.4, -0.2) is 28.1 Å². The molecule has 6 nitrogen and oxygen atoms in total. The first-order valence-electron chi connectivity index (χ1n) is 8.92. The van der Waals surface area contributed by atoms with Crippen molar-refractivity contribution >= 4 is 21.7 Å². The first-order chi connectivity index (χ1) is 14.1. The van der Waals surface area contributed by atoms with Gasteiger partial charge < -0.3 is 9.47 Å². The molecule has 8 heteroatoms. The molecule has 148 valence electrons. The molecule has 0 atom stereocenters. The third-order valence-electron chi connectivity index (χ3n) is 4.66. The molecular formula is C21H18FN3O3S. The van der Waals surface area contributed by atoms with E-state index < -0.39 is 0 Å². The number of methoxy groups -OCH3 is 2. The van der Waals surface area contributed by atoms with Gasteiger partial charge in [-0.15, -0.1) is 0 Å². The lowest BCUT2D eigenvalue weighted by Crippen LogP contribution is -2.20. The highest BCUT2D eigenvalue weighted by Crippen LogP contribution is 2.29. The zero-order valence-corrected chi connectivity index (χ0v) is 16.7. The minimum Gasteiger partial charge on any atom is -0.493 e. The molecule has 0 aliphatic carbocycles. The molecule has 4 rings (SSSR count). The summed E-state index contributed by atoms with van der Waals surface area (Å²) in [5.74, 6) is 0.991. The summed E-state index contributed by atoms with van der Waals surface area (Å²) in [6.45, 7) is 0.473. The maximum Gasteiger partial charge on any atom is 0.272 e. The fourth-order valence-electron chi connectivity index (χ4n) is 3.10. The van der Waals surface area contributed by atoms with Crippen molar-refractivity contribution in [3.05, 3.63) is 70.5 Å². The van der Waals surface area contributed by atoms with E-state index in [4.69, 9.17) is 9.47 Å². The van der Waals surface area contributed by atoms with Crippen LogP contribution in [0.2, 0.25) is 0 Å². The van der Waals surface area contributed by atoms with E-state index in [0.29, 0.717) is 40.4 Å². The maximum absolute atomic E-state index is 13.2. The zero-order valence-electron chi connectivity index (χ0n) is 15.9. The fourth-order valence-corrected chi connectivity index (χ4v) is 3.90. The van der Waals surface area contributed by atoms with Crippen LogP contribution >= 0.6 is 11.5 Å². The Bertz CT molecular complexity index is 1220. The van der Waals surface area contributed by atoms with E-state index in [1.54, 1.807) is 30.9 Å². The second kappa shape index (κ2) is 8.00. The molecule has 0 saturated heterocycles. The van der Waals surface area contributed by atoms with Gasteiger partial charge in [0.1, 0.15) is 21.7 Å². The Kier molecular flexibility index (Phi) is 5.26. The summed E-state index contributed by atoms with van der Waals surface area (Å²) in [6.07, 6.45) is 2.17. The second-order valence-corrected chi connectivity index (χ2v) is 7.17. The molecule has 0 bridgehead atoms. The SMILES string of the molecule is COc1ccc(CCn2cnc3c(-c4ccc(F)cc4)nsc3c2=O)cc1OC. The first kappa shape index (κ1) is 19.1. The fraction of sp³-hybridized carbons (Fsp3) is 0.190. The quantitative estimate of drug-likeness (QED) is 0.481. The number of hydrogen-bond acceptors (Lipinski definition) is 6. The second-order valence-electron chi connectivity index (χ2n) is 6.40. The van der Waals surface area contributed by atoms with E-state index in [1.807, 2.05) is 18.2 Å². The van der Waals surface area contributed by atoms with Gasteiger partial charge in [0.25, 0.3) is 5.56 Å². The lowest BCUT2D eigenvalue weighted by Gasteiger charge is -2.10. The molecule has 0 aliphatic rings. The van der Waals surface area contributed by atoms with Crippen molar-refractivity contribution in [3.8, 4) is 22.8 Å². The predicted molar refractivity (Wildman–Crippen MR) is 110 cm³/mol. The van der Waals surface area contributed by atoms with Gasteiger partial charge in [-0.2, -0.15) is 4.37 Å². The summed E-state index contributed by atoms with van der Waals surface area (Å²) in [4.78, 5) is 17.3. The topological polar surface area (TPSA) is 66.2 Å². The molecule has 0 fully saturated rings. The number of fused-ring (bicyclic) bond motifs is 1. The molecule has 0 aliphatic heterocycles. The van der Waals surface area contributed by atoms with Gasteiger partial charge in [-0.25, -0.2) is 9.37 Å². The van der Waals surface area contributed by atoms with Crippen LogP contribution in [-0.2, 0) is 13.0 Å². The standard InChI is InChI=1S/C21H18FN3O3S/c1-27-16-8-3-13(11-17(16)28-2)9-10-25-12-23-19-18(24-29-20(19)21(25)26)14-4-6-15(22)7-5-14/h3-8,11-12H,9-10H2,1-2H3. The Hall–Kier alpha value is -3.26. The van der Waals surface area contributed by atoms with Crippen LogP contribution < -0.4 is 15.0 Å². The molecule has 0 N–H and O–H groups in total. The Morgan fingerprint density at radius 2 is 1.83 bits per heavy atom. The van der Waals surface area contributed by atoms with Gasteiger partial charge in [-0.1, -0.05) is 6.07 Å². The molecule has 2 heterocycles. The zero-order chi connectivity index (χ0) is 20.4. The Morgan fingerprint density at radius 1 is 1.07 bits per heavy atom. The van der Waals surface area contributed by atoms with Crippen LogP contribution in [0, 0.1) is 5.82 Å². The summed E-state index contributed by atoms with van der Waals surface area (Å²) in [5.41, 5.74) is 2.74. The largest absolute Gasteiger partial charge is 0.493 e. The summed E-state index contributed by atoms with van der Waals surface area (Å²) in [5, 5.41) is 0. The monoisotopic (exact) mass is 411 g/mol. The van der Waals surface area contributed by atoms with Crippen molar-refractivity contribution in [1.29, 1.82) is 0 Å². The number of ether oxygens (including phenoxy) is 2. The lowest BCUT2D eigenvalue weighted by molar-refractivity contribution is 0.354. The van der Waals surface area contributed by atoms with Crippen LogP contribution in [0.15, 0.2) is 53.6 Å². The molecule has 29 heavy (non-hydrogen) atoms. The summed E-state index contributed by atoms with van der Waals surface area (Å²) < 4.78 is 30.2. The van der Waals surface area contributed by atoms with E-state index in [2.05, 4.69) is 9.36 Å². The van der Waals surface area contributed by atoms with E-state index in [0.717, 1.165) is 22.7 Å². The average molecular weight is 411 g/mol. The van der Waals surface area contributed by atoms with Crippen molar-refractivity contribution in [1.82, 2.24) is 13.9 Å². The molecule has 4 aromatic rings. The molecule has 0 spiro atoms. The summed E-state index contributed by atoms with van der Waals surface area (Å²) >= 11 is 1.11. The Balaban J connectivity index is 1.60. The van der Waals surface area contributed by atoms with E-state index >= 15 is 0 Å². The van der Waals surface area contributed by atoms with E-state index in [9.17, 15) is 9.18 Å². The van der Waals surface area contributed by atoms with E-state index in [1.165, 1.54) is 18.5 Å². The normalized spacial score (nSPS) is 11.0. The Labute approximate surface area is 170 Å². The molecule has 2 aromatic heterocycles. The highest BCUT2D eigenvalue weighted by Gasteiger charge is 2.14. The molecular weight excluding hydrogens is 393 g/mol. The third kappa shape index (κ3) is 3.71. The molecule has 0 radical (unpaired) electrons. The van der Waals surface area contributed by atoms with Gasteiger partial charge in [0, 0.05) is 12.1 Å². The van der Waals surface area contributed by atoms with Crippen molar-refractivity contribution in [2.24, 2.45) is 0 Å². The van der Waals surface area contributed by atoms with Crippen LogP contribution in [0.4, 0.5) is 4.39 Å². The number of rotatable bonds is 6. The number of aromatic nitrogens is 3. The number of hydrogen-bond donors (Lipinski definition) is 0. The summed E-state index contributed by atoms with van der Waals surface area (Å²) in [6, 6.07) is 11.7. The molecule has 0 unspecified atom stereocenters. The van der Waals surface area contributed by atoms with Crippen LogP contribution in [0.3, 0.4) is 0 Å². The van der Waals surface area contributed by atoms with Crippen LogP contribution in [0.25, 0.3) is 21.5 Å². The Morgan fingerprint density at radius 3 is 2.55 bits per heavy atom. The maximum atomic E-state index is 13.2. The number of nitrogens with zero attached hydrogens (tertiary/aromatic N) is 3. The smallest absolute Gasteiger partial charge is 0.272 e. The van der Waals surface area contributed by atoms with Crippen LogP contribution in [0.1, 0.15) is 5.56 Å². The van der Waals surface area contributed by atoms with Crippen molar-refractivity contribution in [3.63, 3.8) is 0 Å². The van der Waals surface area contributed by atoms with Crippen molar-refractivity contribution in [2.45, 2.75) is 13.0 Å². The number of halogens is 1. The third-order valence-corrected chi connectivity index (χ3v) is 5.48. The molecule has 0 saturated carbocycles. The highest BCUT2D eigenvalue weighted by molar-refractivity contribution is 7.13. The number of aryl methyl sites for hydroxylation is 2. The molecule has 2 aromatic carbocycles. The van der Waals surface area contributed by atoms with Gasteiger partial charge >= 0.3 is 0 Å². The van der Waals surface area contributed by atoms with Crippen molar-refractivity contribution in [2.75, 3.05) is 14.2 Å². The minimum atomic E-state index is -0.321. The van der Waals surface area contributed by atoms with Crippen LogP contribution in [0.5, 0.6) is 11.5 Å². The van der Waals surface area contributed by atoms with Gasteiger partial charge in [0.15, 0.2) is 11.5 Å². The first-order valence-corrected chi connectivity index (χ1v) is 9.69. The van der Waals surface area contributed by atoms with E-state index in [-0.39, 0.29) is 11.4 Å². The minimum absolute atomic E-state index is 0.138. The molecule has 0 amide bonds. The van der Waals surface area contributed by atoms with Gasteiger partial charge in [0.2, 0.25) is 0 Å². The number of benzene rings is 2. The highest BCUT2D eigenvalue weighted by atomic mass is 32.1. The average Bonchev–Trinajstić information content (AvgIpc) is 3.18. The van der Waals surface area contributed by atoms with Gasteiger partial charge in [-0.05, 0) is 59.9 Å². The van der Waals surface area contributed by atoms with Gasteiger partial charge in [-0.3, -0.25) is 9.36 Å². The van der Waals surface area contributed by atoms with Gasteiger partial charge in [0.05, 0.1) is 20.5 Å². The summed E-state index contributed by atoms with van der Waals surface area (Å²) in [7, 11) is 3.18. The predicted octanol–water partition coefficient (Wildman–Crippen LogP) is 3.92. The van der Waals surface area contributed by atoms with Crippen molar-refractivity contribution < 1.29 is 13.9 Å².